The number of rotatable bonds is 2. The molecule has 1 fully saturated rings. The minimum Gasteiger partial charge on any atom is -0.368 e. The molecule has 1 amide bonds. The summed E-state index contributed by atoms with van der Waals surface area (Å²) in [7, 11) is 0. The van der Waals surface area contributed by atoms with Gasteiger partial charge in [-0.2, -0.15) is 26.3 Å². The molecule has 1 saturated heterocycles. The number of benzene rings is 2. The van der Waals surface area contributed by atoms with Crippen molar-refractivity contribution in [1.82, 2.24) is 4.90 Å². The highest BCUT2D eigenvalue weighted by molar-refractivity contribution is 6.42. The Labute approximate surface area is 177 Å². The molecular formula is C19H14Cl2F6N2O. The maximum Gasteiger partial charge on any atom is 0.416 e. The minimum atomic E-state index is -4.92. The highest BCUT2D eigenvalue weighted by Crippen LogP contribution is 2.38. The number of nitrogens with zero attached hydrogens (tertiary/aromatic N) is 2. The molecule has 11 heteroatoms. The Balaban J connectivity index is 1.78. The number of carbonyl (C=O) groups is 1. The molecule has 30 heavy (non-hydrogen) atoms. The van der Waals surface area contributed by atoms with Gasteiger partial charge in [-0.05, 0) is 36.4 Å². The van der Waals surface area contributed by atoms with Crippen LogP contribution in [0, 0.1) is 0 Å². The van der Waals surface area contributed by atoms with E-state index in [2.05, 4.69) is 0 Å². The molecule has 3 nitrogen and oxygen atoms in total. The molecule has 0 spiro atoms. The van der Waals surface area contributed by atoms with Crippen LogP contribution in [0.2, 0.25) is 10.0 Å². The van der Waals surface area contributed by atoms with E-state index in [9.17, 15) is 31.1 Å². The van der Waals surface area contributed by atoms with Crippen LogP contribution < -0.4 is 4.90 Å². The summed E-state index contributed by atoms with van der Waals surface area (Å²) in [5.41, 5.74) is -2.65. The SMILES string of the molecule is O=C(c1ccc(Cl)c(Cl)c1)N1CCN(c2cc(C(F)(F)F)cc(C(F)(F)F)c2)CC1. The van der Waals surface area contributed by atoms with Crippen molar-refractivity contribution in [3.63, 3.8) is 0 Å². The summed E-state index contributed by atoms with van der Waals surface area (Å²) in [5.74, 6) is -0.353. The zero-order chi connectivity index (χ0) is 22.3. The van der Waals surface area contributed by atoms with Gasteiger partial charge >= 0.3 is 12.4 Å². The number of hydrogen-bond acceptors (Lipinski definition) is 2. The molecule has 1 aliphatic heterocycles. The van der Waals surface area contributed by atoms with Crippen LogP contribution >= 0.6 is 23.2 Å². The van der Waals surface area contributed by atoms with Crippen molar-refractivity contribution >= 4 is 34.8 Å². The maximum absolute atomic E-state index is 13.1. The van der Waals surface area contributed by atoms with Gasteiger partial charge in [0, 0.05) is 37.4 Å². The van der Waals surface area contributed by atoms with Crippen molar-refractivity contribution in [3.05, 3.63) is 63.1 Å². The van der Waals surface area contributed by atoms with Gasteiger partial charge in [0.1, 0.15) is 0 Å². The van der Waals surface area contributed by atoms with Crippen molar-refractivity contribution in [2.45, 2.75) is 12.4 Å². The fourth-order valence-corrected chi connectivity index (χ4v) is 3.40. The van der Waals surface area contributed by atoms with E-state index in [1.807, 2.05) is 0 Å². The van der Waals surface area contributed by atoms with Gasteiger partial charge < -0.3 is 9.80 Å². The van der Waals surface area contributed by atoms with Gasteiger partial charge in [0.05, 0.1) is 21.2 Å². The van der Waals surface area contributed by atoms with E-state index in [1.165, 1.54) is 28.0 Å². The quantitative estimate of drug-likeness (QED) is 0.503. The first kappa shape index (κ1) is 22.6. The fourth-order valence-electron chi connectivity index (χ4n) is 3.10. The number of alkyl halides is 6. The highest BCUT2D eigenvalue weighted by Gasteiger charge is 2.37. The summed E-state index contributed by atoms with van der Waals surface area (Å²) in [6.07, 6.45) is -9.83. The Hall–Kier alpha value is -2.13. The number of hydrogen-bond donors (Lipinski definition) is 0. The number of anilines is 1. The highest BCUT2D eigenvalue weighted by atomic mass is 35.5. The average Bonchev–Trinajstić information content (AvgIpc) is 2.68. The van der Waals surface area contributed by atoms with Crippen LogP contribution in [0.3, 0.4) is 0 Å². The summed E-state index contributed by atoms with van der Waals surface area (Å²) < 4.78 is 78.4. The molecule has 0 radical (unpaired) electrons. The third-order valence-corrected chi connectivity index (χ3v) is 5.41. The molecule has 0 N–H and O–H groups in total. The van der Waals surface area contributed by atoms with E-state index in [1.54, 1.807) is 0 Å². The second kappa shape index (κ2) is 8.19. The minimum absolute atomic E-state index is 0.0751. The van der Waals surface area contributed by atoms with Crippen LogP contribution in [0.5, 0.6) is 0 Å². The van der Waals surface area contributed by atoms with Gasteiger partial charge in [-0.15, -0.1) is 0 Å². The van der Waals surface area contributed by atoms with Gasteiger partial charge in [-0.1, -0.05) is 23.2 Å². The molecule has 0 aliphatic carbocycles. The predicted octanol–water partition coefficient (Wildman–Crippen LogP) is 5.99. The van der Waals surface area contributed by atoms with Crippen LogP contribution in [-0.4, -0.2) is 37.0 Å². The molecule has 0 aromatic heterocycles. The van der Waals surface area contributed by atoms with E-state index in [-0.39, 0.29) is 59.4 Å². The fraction of sp³-hybridized carbons (Fsp3) is 0.316. The molecule has 2 aromatic carbocycles. The Bertz CT molecular complexity index is 921. The van der Waals surface area contributed by atoms with Gasteiger partial charge in [0.2, 0.25) is 0 Å². The average molecular weight is 471 g/mol. The first-order valence-electron chi connectivity index (χ1n) is 8.65. The number of carbonyl (C=O) groups excluding carboxylic acids is 1. The van der Waals surface area contributed by atoms with E-state index in [4.69, 9.17) is 23.2 Å². The lowest BCUT2D eigenvalue weighted by atomic mass is 10.1. The van der Waals surface area contributed by atoms with Crippen LogP contribution in [0.1, 0.15) is 21.5 Å². The van der Waals surface area contributed by atoms with E-state index in [0.717, 1.165) is 0 Å². The summed E-state index contributed by atoms with van der Waals surface area (Å²) >= 11 is 11.7. The zero-order valence-corrected chi connectivity index (χ0v) is 16.6. The van der Waals surface area contributed by atoms with E-state index < -0.39 is 23.5 Å². The van der Waals surface area contributed by atoms with E-state index in [0.29, 0.717) is 12.1 Å². The van der Waals surface area contributed by atoms with Gasteiger partial charge in [-0.3, -0.25) is 4.79 Å². The summed E-state index contributed by atoms with van der Waals surface area (Å²) in [6.45, 7) is 0.394. The normalized spacial score (nSPS) is 15.5. The number of halogens is 8. The van der Waals surface area contributed by atoms with Crippen LogP contribution in [0.15, 0.2) is 36.4 Å². The topological polar surface area (TPSA) is 23.6 Å². The third kappa shape index (κ3) is 4.95. The first-order valence-corrected chi connectivity index (χ1v) is 9.40. The molecular weight excluding hydrogens is 457 g/mol. The third-order valence-electron chi connectivity index (χ3n) is 4.67. The first-order chi connectivity index (χ1) is 13.9. The van der Waals surface area contributed by atoms with Gasteiger partial charge in [0.15, 0.2) is 0 Å². The van der Waals surface area contributed by atoms with Crippen molar-refractivity contribution in [2.75, 3.05) is 31.1 Å². The maximum atomic E-state index is 13.1. The monoisotopic (exact) mass is 470 g/mol. The van der Waals surface area contributed by atoms with Crippen LogP contribution in [0.4, 0.5) is 32.0 Å². The van der Waals surface area contributed by atoms with Crippen LogP contribution in [0.25, 0.3) is 0 Å². The predicted molar refractivity (Wildman–Crippen MR) is 101 cm³/mol. The number of piperazine rings is 1. The van der Waals surface area contributed by atoms with Crippen molar-refractivity contribution in [1.29, 1.82) is 0 Å². The summed E-state index contributed by atoms with van der Waals surface area (Å²) in [6, 6.07) is 5.83. The summed E-state index contributed by atoms with van der Waals surface area (Å²) in [5, 5.41) is 0.479. The molecule has 1 aliphatic rings. The van der Waals surface area contributed by atoms with Gasteiger partial charge in [0.25, 0.3) is 5.91 Å². The number of amides is 1. The Morgan fingerprint density at radius 2 is 1.30 bits per heavy atom. The lowest BCUT2D eigenvalue weighted by Gasteiger charge is -2.36. The van der Waals surface area contributed by atoms with Gasteiger partial charge in [-0.25, -0.2) is 0 Å². The molecule has 0 unspecified atom stereocenters. The summed E-state index contributed by atoms with van der Waals surface area (Å²) in [4.78, 5) is 15.4. The second-order valence-electron chi connectivity index (χ2n) is 6.67. The van der Waals surface area contributed by atoms with Crippen LogP contribution in [-0.2, 0) is 12.4 Å². The largest absolute Gasteiger partial charge is 0.416 e. The molecule has 0 bridgehead atoms. The Morgan fingerprint density at radius 3 is 1.77 bits per heavy atom. The molecule has 1 heterocycles. The lowest BCUT2D eigenvalue weighted by Crippen LogP contribution is -2.48. The Morgan fingerprint density at radius 1 is 0.767 bits per heavy atom. The van der Waals surface area contributed by atoms with Crippen molar-refractivity contribution in [2.24, 2.45) is 0 Å². The Kier molecular flexibility index (Phi) is 6.15. The smallest absolute Gasteiger partial charge is 0.368 e. The second-order valence-corrected chi connectivity index (χ2v) is 7.49. The molecule has 0 saturated carbocycles. The molecule has 3 rings (SSSR count). The lowest BCUT2D eigenvalue weighted by molar-refractivity contribution is -0.143. The molecule has 0 atom stereocenters. The van der Waals surface area contributed by atoms with Crippen molar-refractivity contribution in [3.8, 4) is 0 Å². The standard InChI is InChI=1S/C19H14Cl2F6N2O/c20-15-2-1-11(7-16(15)21)17(30)29-5-3-28(4-6-29)14-9-12(18(22,23)24)8-13(10-14)19(25,26)27/h1-2,7-10H,3-6H2. The molecule has 162 valence electrons. The van der Waals surface area contributed by atoms with E-state index >= 15 is 0 Å². The zero-order valence-electron chi connectivity index (χ0n) is 15.1. The van der Waals surface area contributed by atoms with Crippen molar-refractivity contribution < 1.29 is 31.1 Å². The molecule has 2 aromatic rings.